The second-order valence-electron chi connectivity index (χ2n) is 6.34. The largest absolute Gasteiger partial charge is 0.480 e. The monoisotopic (exact) mass is 416 g/mol. The van der Waals surface area contributed by atoms with Crippen molar-refractivity contribution in [2.45, 2.75) is 16.7 Å². The van der Waals surface area contributed by atoms with E-state index >= 15 is 0 Å². The molecule has 0 bridgehead atoms. The van der Waals surface area contributed by atoms with Crippen LogP contribution in [0.1, 0.15) is 6.92 Å². The highest BCUT2D eigenvalue weighted by molar-refractivity contribution is 7.99. The molecule has 0 spiro atoms. The third kappa shape index (κ3) is 5.18. The van der Waals surface area contributed by atoms with Crippen molar-refractivity contribution in [3.63, 3.8) is 0 Å². The first-order chi connectivity index (χ1) is 14.0. The van der Waals surface area contributed by atoms with Crippen molar-refractivity contribution in [3.8, 4) is 11.8 Å². The van der Waals surface area contributed by atoms with E-state index < -0.39 is 0 Å². The molecule has 154 valence electrons. The van der Waals surface area contributed by atoms with Gasteiger partial charge in [-0.05, 0) is 25.1 Å². The van der Waals surface area contributed by atoms with Crippen LogP contribution in [0.4, 0.5) is 11.6 Å². The summed E-state index contributed by atoms with van der Waals surface area (Å²) in [4.78, 5) is 24.6. The lowest BCUT2D eigenvalue weighted by Gasteiger charge is -2.27. The fraction of sp³-hybridized carbons (Fsp3) is 0.350. The van der Waals surface area contributed by atoms with Crippen LogP contribution >= 0.6 is 11.8 Å². The number of carbonyl (C=O) groups excluding carboxylic acids is 1. The molecule has 2 heterocycles. The summed E-state index contributed by atoms with van der Waals surface area (Å²) in [5, 5.41) is 2.81. The Balaban J connectivity index is 1.88. The lowest BCUT2D eigenvalue weighted by Crippen LogP contribution is -2.37. The molecule has 0 aliphatic carbocycles. The smallest absolute Gasteiger partial charge is 0.250 e. The Labute approximate surface area is 174 Å². The fourth-order valence-electron chi connectivity index (χ4n) is 2.66. The second-order valence-corrected chi connectivity index (χ2v) is 7.42. The molecule has 1 aromatic heterocycles. The second kappa shape index (κ2) is 9.62. The van der Waals surface area contributed by atoms with Crippen molar-refractivity contribution in [1.29, 1.82) is 0 Å². The summed E-state index contributed by atoms with van der Waals surface area (Å²) in [5.41, 5.74) is 1.12. The molecule has 3 rings (SSSR count). The molecule has 29 heavy (non-hydrogen) atoms. The molecular formula is C20H24N4O4S. The number of carbonyl (C=O) groups is 1. The third-order valence-electron chi connectivity index (χ3n) is 4.17. The van der Waals surface area contributed by atoms with Gasteiger partial charge in [0, 0.05) is 29.2 Å². The molecular weight excluding hydrogens is 392 g/mol. The average molecular weight is 417 g/mol. The van der Waals surface area contributed by atoms with Gasteiger partial charge in [-0.2, -0.15) is 9.97 Å². The van der Waals surface area contributed by atoms with E-state index in [1.165, 1.54) is 11.8 Å². The normalized spacial score (nSPS) is 13.7. The summed E-state index contributed by atoms with van der Waals surface area (Å²) >= 11 is 1.40. The molecule has 2 aromatic rings. The Morgan fingerprint density at radius 1 is 1.21 bits per heavy atom. The van der Waals surface area contributed by atoms with Gasteiger partial charge in [0.25, 0.3) is 5.91 Å². The molecule has 1 saturated heterocycles. The Bertz CT molecular complexity index is 875. The molecule has 0 atom stereocenters. The van der Waals surface area contributed by atoms with Crippen LogP contribution in [-0.2, 0) is 9.53 Å². The van der Waals surface area contributed by atoms with Crippen molar-refractivity contribution in [2.75, 3.05) is 50.7 Å². The van der Waals surface area contributed by atoms with E-state index in [1.807, 2.05) is 29.2 Å². The number of nitrogens with zero attached hydrogens (tertiary/aromatic N) is 3. The maximum absolute atomic E-state index is 11.9. The quantitative estimate of drug-likeness (QED) is 0.690. The summed E-state index contributed by atoms with van der Waals surface area (Å²) in [6, 6.07) is 7.46. The van der Waals surface area contributed by atoms with E-state index in [9.17, 15) is 4.79 Å². The number of methoxy groups -OCH3 is 2. The molecule has 0 saturated carbocycles. The first kappa shape index (κ1) is 20.9. The van der Waals surface area contributed by atoms with Gasteiger partial charge in [-0.25, -0.2) is 0 Å². The predicted molar refractivity (Wildman–Crippen MR) is 112 cm³/mol. The van der Waals surface area contributed by atoms with Crippen molar-refractivity contribution in [1.82, 2.24) is 9.97 Å². The van der Waals surface area contributed by atoms with Gasteiger partial charge < -0.3 is 24.4 Å². The summed E-state index contributed by atoms with van der Waals surface area (Å²) in [6.45, 7) is 8.01. The van der Waals surface area contributed by atoms with Gasteiger partial charge in [-0.1, -0.05) is 24.4 Å². The highest BCUT2D eigenvalue weighted by atomic mass is 32.2. The van der Waals surface area contributed by atoms with Crippen LogP contribution in [0.3, 0.4) is 0 Å². The van der Waals surface area contributed by atoms with Crippen LogP contribution in [0.25, 0.3) is 0 Å². The zero-order chi connectivity index (χ0) is 20.8. The van der Waals surface area contributed by atoms with Gasteiger partial charge in [0.05, 0.1) is 27.4 Å². The molecule has 1 aliphatic heterocycles. The minimum Gasteiger partial charge on any atom is -0.480 e. The maximum atomic E-state index is 11.9. The Kier molecular flexibility index (Phi) is 6.95. The van der Waals surface area contributed by atoms with Crippen LogP contribution in [0, 0.1) is 0 Å². The van der Waals surface area contributed by atoms with Crippen molar-refractivity contribution >= 4 is 29.3 Å². The van der Waals surface area contributed by atoms with Gasteiger partial charge in [-0.3, -0.25) is 4.79 Å². The van der Waals surface area contributed by atoms with E-state index in [-0.39, 0.29) is 5.91 Å². The van der Waals surface area contributed by atoms with Crippen molar-refractivity contribution in [2.24, 2.45) is 0 Å². The lowest BCUT2D eigenvalue weighted by molar-refractivity contribution is -0.112. The summed E-state index contributed by atoms with van der Waals surface area (Å²) < 4.78 is 16.4. The first-order valence-corrected chi connectivity index (χ1v) is 9.91. The number of amides is 1. The number of aromatic nitrogens is 2. The molecule has 1 N–H and O–H groups in total. The number of nitrogens with one attached hydrogen (secondary N) is 1. The zero-order valence-corrected chi connectivity index (χ0v) is 17.5. The van der Waals surface area contributed by atoms with Gasteiger partial charge in [0.2, 0.25) is 17.7 Å². The highest BCUT2D eigenvalue weighted by Crippen LogP contribution is 2.41. The summed E-state index contributed by atoms with van der Waals surface area (Å²) in [7, 11) is 3.14. The van der Waals surface area contributed by atoms with E-state index in [4.69, 9.17) is 14.2 Å². The number of ether oxygens (including phenoxy) is 3. The van der Waals surface area contributed by atoms with Crippen molar-refractivity contribution < 1.29 is 19.0 Å². The van der Waals surface area contributed by atoms with Crippen LogP contribution in [-0.4, -0.2) is 56.4 Å². The van der Waals surface area contributed by atoms with Crippen LogP contribution < -0.4 is 19.7 Å². The topological polar surface area (TPSA) is 85.8 Å². The molecule has 1 amide bonds. The zero-order valence-electron chi connectivity index (χ0n) is 16.7. The standard InChI is InChI=1S/C20H24N4O4S/c1-13(2)17(25)21-14-6-5-7-15(12-14)29-16-18(26-3)22-20(23-19(16)27-4)24-8-10-28-11-9-24/h5-7,12H,1,8-11H2,2-4H3,(H,21,25). The van der Waals surface area contributed by atoms with Gasteiger partial charge in [-0.15, -0.1) is 0 Å². The van der Waals surface area contributed by atoms with E-state index in [2.05, 4.69) is 21.9 Å². The first-order valence-electron chi connectivity index (χ1n) is 9.09. The Morgan fingerprint density at radius 2 is 1.86 bits per heavy atom. The number of hydrogen-bond donors (Lipinski definition) is 1. The van der Waals surface area contributed by atoms with E-state index in [0.717, 1.165) is 4.90 Å². The van der Waals surface area contributed by atoms with E-state index in [1.54, 1.807) is 21.1 Å². The minimum absolute atomic E-state index is 0.222. The molecule has 0 unspecified atom stereocenters. The highest BCUT2D eigenvalue weighted by Gasteiger charge is 2.22. The minimum atomic E-state index is -0.222. The molecule has 1 aliphatic rings. The summed E-state index contributed by atoms with van der Waals surface area (Å²) in [5.74, 6) is 1.19. The molecule has 8 nitrogen and oxygen atoms in total. The molecule has 1 fully saturated rings. The van der Waals surface area contributed by atoms with Gasteiger partial charge in [0.15, 0.2) is 0 Å². The Morgan fingerprint density at radius 3 is 2.45 bits per heavy atom. The molecule has 9 heteroatoms. The Hall–Kier alpha value is -2.78. The number of morpholine rings is 1. The third-order valence-corrected chi connectivity index (χ3v) is 5.21. The predicted octanol–water partition coefficient (Wildman–Crippen LogP) is 3.00. The SMILES string of the molecule is C=C(C)C(=O)Nc1cccc(Sc2c(OC)nc(N3CCOCC3)nc2OC)c1. The van der Waals surface area contributed by atoms with Crippen LogP contribution in [0.2, 0.25) is 0 Å². The molecule has 1 aromatic carbocycles. The lowest BCUT2D eigenvalue weighted by atomic mass is 10.3. The number of benzene rings is 1. The number of hydrogen-bond acceptors (Lipinski definition) is 8. The summed E-state index contributed by atoms with van der Waals surface area (Å²) in [6.07, 6.45) is 0. The van der Waals surface area contributed by atoms with Crippen molar-refractivity contribution in [3.05, 3.63) is 36.4 Å². The number of rotatable bonds is 7. The molecule has 0 radical (unpaired) electrons. The number of anilines is 2. The van der Waals surface area contributed by atoms with Gasteiger partial charge in [0.1, 0.15) is 4.90 Å². The average Bonchev–Trinajstić information content (AvgIpc) is 2.74. The fourth-order valence-corrected chi connectivity index (χ4v) is 3.66. The van der Waals surface area contributed by atoms with Gasteiger partial charge >= 0.3 is 0 Å². The maximum Gasteiger partial charge on any atom is 0.250 e. The van der Waals surface area contributed by atoms with E-state index in [0.29, 0.717) is 60.2 Å². The van der Waals surface area contributed by atoms with Crippen LogP contribution in [0.15, 0.2) is 46.2 Å². The van der Waals surface area contributed by atoms with Crippen LogP contribution in [0.5, 0.6) is 11.8 Å².